The van der Waals surface area contributed by atoms with Crippen molar-refractivity contribution < 1.29 is 13.5 Å². The van der Waals surface area contributed by atoms with Gasteiger partial charge in [0.25, 0.3) is 0 Å². The van der Waals surface area contributed by atoms with Crippen molar-refractivity contribution in [3.8, 4) is 0 Å². The van der Waals surface area contributed by atoms with Crippen molar-refractivity contribution in [2.75, 3.05) is 0 Å². The smallest absolute Gasteiger partial charge is 0.241 e. The van der Waals surface area contributed by atoms with Crippen molar-refractivity contribution >= 4 is 10.0 Å². The van der Waals surface area contributed by atoms with Gasteiger partial charge in [0.1, 0.15) is 0 Å². The molecule has 0 aliphatic rings. The molecule has 0 heterocycles. The molecule has 2 N–H and O–H groups in total. The summed E-state index contributed by atoms with van der Waals surface area (Å²) in [4.78, 5) is 0.238. The molecule has 102 valence electrons. The summed E-state index contributed by atoms with van der Waals surface area (Å²) in [6.07, 6.45) is 0. The number of aryl methyl sites for hydroxylation is 1. The summed E-state index contributed by atoms with van der Waals surface area (Å²) in [5.41, 5.74) is -1.45. The number of nitrogens with one attached hydrogen (secondary N) is 1. The van der Waals surface area contributed by atoms with Gasteiger partial charge in [-0.3, -0.25) is 0 Å². The normalized spacial score (nSPS) is 13.7. The fourth-order valence-electron chi connectivity index (χ4n) is 1.37. The van der Waals surface area contributed by atoms with Crippen LogP contribution in [0.3, 0.4) is 0 Å². The molecule has 0 unspecified atom stereocenters. The molecule has 4 nitrogen and oxygen atoms in total. The van der Waals surface area contributed by atoms with Crippen LogP contribution in [0.15, 0.2) is 29.2 Å². The predicted molar refractivity (Wildman–Crippen MR) is 71.9 cm³/mol. The van der Waals surface area contributed by atoms with Gasteiger partial charge in [-0.1, -0.05) is 18.2 Å². The van der Waals surface area contributed by atoms with Gasteiger partial charge in [-0.2, -0.15) is 0 Å². The molecule has 1 aromatic carbocycles. The second-order valence-electron chi connectivity index (χ2n) is 5.56. The molecule has 0 amide bonds. The van der Waals surface area contributed by atoms with Crippen molar-refractivity contribution in [1.29, 1.82) is 0 Å². The van der Waals surface area contributed by atoms with E-state index in [1.54, 1.807) is 58.9 Å². The average molecular weight is 271 g/mol. The van der Waals surface area contributed by atoms with Gasteiger partial charge in [-0.25, -0.2) is 13.1 Å². The molecular formula is C13H21NO3S. The molecule has 0 radical (unpaired) electrons. The molecule has 0 spiro atoms. The van der Waals surface area contributed by atoms with Gasteiger partial charge < -0.3 is 5.11 Å². The SMILES string of the molecule is Cc1ccccc1S(=O)(=O)NC(C)(C)C(C)(C)O. The van der Waals surface area contributed by atoms with Crippen molar-refractivity contribution in [2.45, 2.75) is 50.7 Å². The Morgan fingerprint density at radius 3 is 2.06 bits per heavy atom. The molecule has 0 atom stereocenters. The third-order valence-corrected chi connectivity index (χ3v) is 5.12. The van der Waals surface area contributed by atoms with Gasteiger partial charge >= 0.3 is 0 Å². The lowest BCUT2D eigenvalue weighted by atomic mass is 9.87. The van der Waals surface area contributed by atoms with Gasteiger partial charge in [-0.15, -0.1) is 0 Å². The Balaban J connectivity index is 3.16. The van der Waals surface area contributed by atoms with Crippen LogP contribution in [0, 0.1) is 6.92 Å². The van der Waals surface area contributed by atoms with E-state index in [9.17, 15) is 13.5 Å². The Hall–Kier alpha value is -0.910. The Bertz CT molecular complexity index is 527. The van der Waals surface area contributed by atoms with E-state index in [4.69, 9.17) is 0 Å². The molecule has 5 heteroatoms. The lowest BCUT2D eigenvalue weighted by Crippen LogP contribution is -2.57. The van der Waals surface area contributed by atoms with E-state index < -0.39 is 21.2 Å². The highest BCUT2D eigenvalue weighted by Crippen LogP contribution is 2.24. The summed E-state index contributed by atoms with van der Waals surface area (Å²) in [6.45, 7) is 8.21. The summed E-state index contributed by atoms with van der Waals surface area (Å²) in [6, 6.07) is 6.76. The van der Waals surface area contributed by atoms with Crippen LogP contribution in [0.1, 0.15) is 33.3 Å². The van der Waals surface area contributed by atoms with Crippen molar-refractivity contribution in [2.24, 2.45) is 0 Å². The molecular weight excluding hydrogens is 250 g/mol. The molecule has 0 saturated carbocycles. The lowest BCUT2D eigenvalue weighted by Gasteiger charge is -2.37. The Labute approximate surface area is 109 Å². The van der Waals surface area contributed by atoms with E-state index in [-0.39, 0.29) is 4.90 Å². The molecule has 0 bridgehead atoms. The average Bonchev–Trinajstić information content (AvgIpc) is 2.14. The van der Waals surface area contributed by atoms with E-state index >= 15 is 0 Å². The van der Waals surface area contributed by atoms with Crippen LogP contribution < -0.4 is 4.72 Å². The molecule has 0 fully saturated rings. The van der Waals surface area contributed by atoms with E-state index in [2.05, 4.69) is 4.72 Å². The predicted octanol–water partition coefficient (Wildman–Crippen LogP) is 1.82. The number of benzene rings is 1. The Morgan fingerprint density at radius 2 is 1.61 bits per heavy atom. The summed E-state index contributed by atoms with van der Waals surface area (Å²) in [7, 11) is -3.64. The first kappa shape index (κ1) is 15.1. The number of aliphatic hydroxyl groups is 1. The molecule has 18 heavy (non-hydrogen) atoms. The highest BCUT2D eigenvalue weighted by molar-refractivity contribution is 7.89. The highest BCUT2D eigenvalue weighted by Gasteiger charge is 2.39. The van der Waals surface area contributed by atoms with Gasteiger partial charge in [0, 0.05) is 0 Å². The van der Waals surface area contributed by atoms with Gasteiger partial charge in [-0.05, 0) is 46.2 Å². The van der Waals surface area contributed by atoms with Gasteiger partial charge in [0.05, 0.1) is 16.0 Å². The first-order valence-corrected chi connectivity index (χ1v) is 7.28. The fourth-order valence-corrected chi connectivity index (χ4v) is 3.15. The minimum absolute atomic E-state index is 0.238. The number of hydrogen-bond acceptors (Lipinski definition) is 3. The van der Waals surface area contributed by atoms with Crippen LogP contribution in [0.4, 0.5) is 0 Å². The summed E-state index contributed by atoms with van der Waals surface area (Å²) >= 11 is 0. The zero-order valence-electron chi connectivity index (χ0n) is 11.5. The largest absolute Gasteiger partial charge is 0.389 e. The van der Waals surface area contributed by atoms with E-state index in [1.807, 2.05) is 0 Å². The molecule has 1 aromatic rings. The first-order valence-electron chi connectivity index (χ1n) is 5.79. The maximum absolute atomic E-state index is 12.3. The van der Waals surface area contributed by atoms with Gasteiger partial charge in [0.2, 0.25) is 10.0 Å². The topological polar surface area (TPSA) is 66.4 Å². The van der Waals surface area contributed by atoms with Crippen LogP contribution >= 0.6 is 0 Å². The maximum Gasteiger partial charge on any atom is 0.241 e. The third kappa shape index (κ3) is 3.10. The zero-order chi connectivity index (χ0) is 14.2. The van der Waals surface area contributed by atoms with Crippen molar-refractivity contribution in [3.63, 3.8) is 0 Å². The monoisotopic (exact) mass is 271 g/mol. The molecule has 0 saturated heterocycles. The maximum atomic E-state index is 12.3. The van der Waals surface area contributed by atoms with Crippen LogP contribution in [-0.2, 0) is 10.0 Å². The second-order valence-corrected chi connectivity index (χ2v) is 7.21. The minimum Gasteiger partial charge on any atom is -0.389 e. The van der Waals surface area contributed by atoms with E-state index in [0.29, 0.717) is 5.56 Å². The number of sulfonamides is 1. The zero-order valence-corrected chi connectivity index (χ0v) is 12.3. The number of rotatable bonds is 4. The van der Waals surface area contributed by atoms with E-state index in [1.165, 1.54) is 0 Å². The van der Waals surface area contributed by atoms with Crippen LogP contribution in [-0.4, -0.2) is 24.7 Å². The summed E-state index contributed by atoms with van der Waals surface area (Å²) in [5.74, 6) is 0. The molecule has 0 aromatic heterocycles. The quantitative estimate of drug-likeness (QED) is 0.878. The standard InChI is InChI=1S/C13H21NO3S/c1-10-8-6-7-9-11(10)18(16,17)14-12(2,3)13(4,5)15/h6-9,14-15H,1-5H3. The van der Waals surface area contributed by atoms with E-state index in [0.717, 1.165) is 0 Å². The van der Waals surface area contributed by atoms with Crippen molar-refractivity contribution in [3.05, 3.63) is 29.8 Å². The second kappa shape index (κ2) is 4.64. The Kier molecular flexibility index (Phi) is 3.91. The number of hydrogen-bond donors (Lipinski definition) is 2. The lowest BCUT2D eigenvalue weighted by molar-refractivity contribution is 0.00638. The summed E-state index contributed by atoms with van der Waals surface area (Å²) < 4.78 is 27.1. The van der Waals surface area contributed by atoms with Crippen LogP contribution in [0.25, 0.3) is 0 Å². The van der Waals surface area contributed by atoms with Crippen LogP contribution in [0.2, 0.25) is 0 Å². The van der Waals surface area contributed by atoms with Crippen molar-refractivity contribution in [1.82, 2.24) is 4.72 Å². The van der Waals surface area contributed by atoms with Gasteiger partial charge in [0.15, 0.2) is 0 Å². The first-order chi connectivity index (χ1) is 7.97. The molecule has 0 aliphatic heterocycles. The third-order valence-electron chi connectivity index (χ3n) is 3.30. The highest BCUT2D eigenvalue weighted by atomic mass is 32.2. The Morgan fingerprint density at radius 1 is 1.11 bits per heavy atom. The molecule has 0 aliphatic carbocycles. The minimum atomic E-state index is -3.64. The van der Waals surface area contributed by atoms with Crippen LogP contribution in [0.5, 0.6) is 0 Å². The summed E-state index contributed by atoms with van der Waals surface area (Å²) in [5, 5.41) is 10.00. The molecule has 1 rings (SSSR count). The fraction of sp³-hybridized carbons (Fsp3) is 0.538.